The number of esters is 1. The van der Waals surface area contributed by atoms with Crippen LogP contribution in [0.25, 0.3) is 0 Å². The van der Waals surface area contributed by atoms with Crippen molar-refractivity contribution >= 4 is 11.9 Å². The lowest BCUT2D eigenvalue weighted by Gasteiger charge is -2.22. The molecule has 0 aliphatic carbocycles. The van der Waals surface area contributed by atoms with E-state index in [0.29, 0.717) is 25.9 Å². The minimum atomic E-state index is -0.684. The highest BCUT2D eigenvalue weighted by atomic mass is 16.5. The number of aliphatic hydroxyl groups excluding tert-OH is 2. The molecule has 0 fully saturated rings. The zero-order valence-corrected chi connectivity index (χ0v) is 36.9. The van der Waals surface area contributed by atoms with Crippen LogP contribution < -0.4 is 5.32 Å². The molecule has 0 rings (SSSR count). The van der Waals surface area contributed by atoms with Gasteiger partial charge < -0.3 is 20.3 Å². The van der Waals surface area contributed by atoms with Crippen LogP contribution in [0.4, 0.5) is 0 Å². The van der Waals surface area contributed by atoms with E-state index >= 15 is 0 Å². The lowest BCUT2D eigenvalue weighted by Crippen LogP contribution is -2.45. The van der Waals surface area contributed by atoms with Gasteiger partial charge in [0, 0.05) is 12.8 Å². The van der Waals surface area contributed by atoms with E-state index in [1.807, 2.05) is 0 Å². The van der Waals surface area contributed by atoms with Gasteiger partial charge in [0.25, 0.3) is 0 Å². The van der Waals surface area contributed by atoms with Gasteiger partial charge in [0.1, 0.15) is 0 Å². The number of nitrogens with one attached hydrogen (secondary N) is 1. The van der Waals surface area contributed by atoms with Crippen molar-refractivity contribution in [3.05, 3.63) is 12.2 Å². The number of hydrogen-bond acceptors (Lipinski definition) is 5. The van der Waals surface area contributed by atoms with E-state index in [4.69, 9.17) is 4.74 Å². The van der Waals surface area contributed by atoms with Crippen molar-refractivity contribution < 1.29 is 24.5 Å². The van der Waals surface area contributed by atoms with Gasteiger partial charge in [-0.15, -0.1) is 0 Å². The number of unbranched alkanes of at least 4 members (excludes halogenated alkanes) is 32. The minimum absolute atomic E-state index is 0.0364. The second-order valence-corrected chi connectivity index (χ2v) is 16.8. The van der Waals surface area contributed by atoms with Crippen LogP contribution in [0.15, 0.2) is 12.2 Å². The summed E-state index contributed by atoms with van der Waals surface area (Å²) in [5.74, 6) is -0.106. The summed E-state index contributed by atoms with van der Waals surface area (Å²) in [6.07, 6.45) is 50.3. The molecule has 2 unspecified atom stereocenters. The molecule has 6 heteroatoms. The third kappa shape index (κ3) is 42.0. The molecule has 55 heavy (non-hydrogen) atoms. The Kier molecular flexibility index (Phi) is 44.2. The number of ether oxygens (including phenoxy) is 1. The van der Waals surface area contributed by atoms with Crippen LogP contribution in [0.3, 0.4) is 0 Å². The van der Waals surface area contributed by atoms with Crippen molar-refractivity contribution in [3.63, 3.8) is 0 Å². The third-order valence-electron chi connectivity index (χ3n) is 11.3. The first-order valence-corrected chi connectivity index (χ1v) is 24.4. The minimum Gasteiger partial charge on any atom is -0.466 e. The van der Waals surface area contributed by atoms with Gasteiger partial charge in [-0.3, -0.25) is 9.59 Å². The third-order valence-corrected chi connectivity index (χ3v) is 11.3. The predicted octanol–water partition coefficient (Wildman–Crippen LogP) is 14.2. The Morgan fingerprint density at radius 2 is 0.855 bits per heavy atom. The molecule has 0 aromatic carbocycles. The maximum Gasteiger partial charge on any atom is 0.305 e. The molecule has 0 aromatic heterocycles. The van der Waals surface area contributed by atoms with Gasteiger partial charge in [-0.05, 0) is 51.4 Å². The lowest BCUT2D eigenvalue weighted by atomic mass is 10.0. The van der Waals surface area contributed by atoms with Crippen LogP contribution in [-0.2, 0) is 14.3 Å². The number of allylic oxidation sites excluding steroid dienone is 2. The summed E-state index contributed by atoms with van der Waals surface area (Å²) in [5, 5.41) is 23.2. The summed E-state index contributed by atoms with van der Waals surface area (Å²) in [6.45, 7) is 4.86. The van der Waals surface area contributed by atoms with Crippen LogP contribution >= 0.6 is 0 Å². The van der Waals surface area contributed by atoms with Gasteiger partial charge in [-0.1, -0.05) is 212 Å². The van der Waals surface area contributed by atoms with Crippen molar-refractivity contribution in [1.82, 2.24) is 5.32 Å². The number of aliphatic hydroxyl groups is 2. The normalized spacial score (nSPS) is 12.7. The molecule has 0 bridgehead atoms. The Morgan fingerprint density at radius 1 is 0.491 bits per heavy atom. The SMILES string of the molecule is CCCCCCCCCCCCCCCCCCCC(O)C(CO)NC(=O)CCCCCC/C=C\CCCCOC(=O)CCCCCCCCCCCCC. The molecule has 0 aromatic rings. The predicted molar refractivity (Wildman–Crippen MR) is 237 cm³/mol. The van der Waals surface area contributed by atoms with Crippen molar-refractivity contribution in [3.8, 4) is 0 Å². The molecule has 1 amide bonds. The van der Waals surface area contributed by atoms with Crippen LogP contribution in [0.1, 0.15) is 264 Å². The van der Waals surface area contributed by atoms with Crippen LogP contribution in [-0.4, -0.2) is 47.4 Å². The monoisotopic (exact) mass is 778 g/mol. The zero-order chi connectivity index (χ0) is 40.1. The fraction of sp³-hybridized carbons (Fsp3) is 0.918. The maximum atomic E-state index is 12.4. The average Bonchev–Trinajstić information content (AvgIpc) is 3.18. The Hall–Kier alpha value is -1.40. The largest absolute Gasteiger partial charge is 0.466 e. The van der Waals surface area contributed by atoms with E-state index in [-0.39, 0.29) is 18.5 Å². The highest BCUT2D eigenvalue weighted by Gasteiger charge is 2.20. The summed E-state index contributed by atoms with van der Waals surface area (Å²) in [5.41, 5.74) is 0. The van der Waals surface area contributed by atoms with Gasteiger partial charge in [0.05, 0.1) is 25.4 Å². The summed E-state index contributed by atoms with van der Waals surface area (Å²) >= 11 is 0. The van der Waals surface area contributed by atoms with Crippen LogP contribution in [0.5, 0.6) is 0 Å². The number of rotatable bonds is 45. The van der Waals surface area contributed by atoms with Gasteiger partial charge in [0.15, 0.2) is 0 Å². The summed E-state index contributed by atoms with van der Waals surface area (Å²) < 4.78 is 5.41. The van der Waals surface area contributed by atoms with Crippen LogP contribution in [0, 0.1) is 0 Å². The average molecular weight is 778 g/mol. The molecule has 2 atom stereocenters. The number of hydrogen-bond donors (Lipinski definition) is 3. The first kappa shape index (κ1) is 53.6. The van der Waals surface area contributed by atoms with Crippen molar-refractivity contribution in [2.24, 2.45) is 0 Å². The second kappa shape index (κ2) is 45.3. The van der Waals surface area contributed by atoms with E-state index in [2.05, 4.69) is 31.3 Å². The zero-order valence-electron chi connectivity index (χ0n) is 36.9. The standard InChI is InChI=1S/C49H95NO5/c1-3-5-7-9-11-13-15-16-17-18-19-20-22-25-29-33-37-41-47(52)46(45-51)50-48(53)42-38-34-30-26-23-24-28-32-36-40-44-55-49(54)43-39-35-31-27-21-14-12-10-8-6-4-2/h24,28,46-47,51-52H,3-23,25-27,29-45H2,1-2H3,(H,50,53)/b28-24-. The first-order chi connectivity index (χ1) is 27.0. The molecule has 0 heterocycles. The second-order valence-electron chi connectivity index (χ2n) is 16.8. The molecule has 0 aliphatic rings. The first-order valence-electron chi connectivity index (χ1n) is 24.4. The maximum absolute atomic E-state index is 12.4. The molecule has 0 saturated carbocycles. The highest BCUT2D eigenvalue weighted by Crippen LogP contribution is 2.16. The Morgan fingerprint density at radius 3 is 1.29 bits per heavy atom. The van der Waals surface area contributed by atoms with Gasteiger partial charge in [-0.25, -0.2) is 0 Å². The summed E-state index contributed by atoms with van der Waals surface area (Å²) in [6, 6.07) is -0.565. The molecule has 0 aliphatic heterocycles. The van der Waals surface area contributed by atoms with Crippen molar-refractivity contribution in [2.75, 3.05) is 13.2 Å². The smallest absolute Gasteiger partial charge is 0.305 e. The summed E-state index contributed by atoms with van der Waals surface area (Å²) in [4.78, 5) is 24.4. The van der Waals surface area contributed by atoms with E-state index in [0.717, 1.165) is 77.0 Å². The quantitative estimate of drug-likeness (QED) is 0.0325. The number of carbonyl (C=O) groups is 2. The molecule has 3 N–H and O–H groups in total. The van der Waals surface area contributed by atoms with E-state index in [1.165, 1.54) is 154 Å². The summed E-state index contributed by atoms with van der Waals surface area (Å²) in [7, 11) is 0. The number of amides is 1. The van der Waals surface area contributed by atoms with Crippen LogP contribution in [0.2, 0.25) is 0 Å². The van der Waals surface area contributed by atoms with Gasteiger partial charge >= 0.3 is 5.97 Å². The lowest BCUT2D eigenvalue weighted by molar-refractivity contribution is -0.143. The van der Waals surface area contributed by atoms with E-state index in [1.54, 1.807) is 0 Å². The van der Waals surface area contributed by atoms with E-state index in [9.17, 15) is 19.8 Å². The molecule has 0 spiro atoms. The molecular formula is C49H95NO5. The Labute approximate surface area is 342 Å². The molecule has 326 valence electrons. The fourth-order valence-electron chi connectivity index (χ4n) is 7.51. The van der Waals surface area contributed by atoms with Gasteiger partial charge in [0.2, 0.25) is 5.91 Å². The van der Waals surface area contributed by atoms with Gasteiger partial charge in [-0.2, -0.15) is 0 Å². The fourth-order valence-corrected chi connectivity index (χ4v) is 7.51. The molecular weight excluding hydrogens is 683 g/mol. The molecule has 0 saturated heterocycles. The highest BCUT2D eigenvalue weighted by molar-refractivity contribution is 5.76. The van der Waals surface area contributed by atoms with Crippen molar-refractivity contribution in [1.29, 1.82) is 0 Å². The molecule has 0 radical (unpaired) electrons. The topological polar surface area (TPSA) is 95.9 Å². The molecule has 6 nitrogen and oxygen atoms in total. The Bertz CT molecular complexity index is 817. The number of carbonyl (C=O) groups excluding carboxylic acids is 2. The van der Waals surface area contributed by atoms with E-state index < -0.39 is 12.1 Å². The Balaban J connectivity index is 3.54. The van der Waals surface area contributed by atoms with Crippen molar-refractivity contribution in [2.45, 2.75) is 276 Å².